The summed E-state index contributed by atoms with van der Waals surface area (Å²) in [6.45, 7) is 2.57. The molecule has 0 saturated heterocycles. The van der Waals surface area contributed by atoms with Gasteiger partial charge in [-0.05, 0) is 49.4 Å². The Kier molecular flexibility index (Phi) is 7.37. The Morgan fingerprint density at radius 2 is 1.88 bits per heavy atom. The van der Waals surface area contributed by atoms with Gasteiger partial charge >= 0.3 is 0 Å². The molecule has 0 aliphatic rings. The lowest BCUT2D eigenvalue weighted by atomic mass is 10.1. The van der Waals surface area contributed by atoms with Gasteiger partial charge in [-0.3, -0.25) is 14.3 Å². The maximum atomic E-state index is 13.0. The summed E-state index contributed by atoms with van der Waals surface area (Å²) in [5.74, 6) is 0.623. The van der Waals surface area contributed by atoms with Crippen LogP contribution in [0.25, 0.3) is 0 Å². The molecule has 0 unspecified atom stereocenters. The van der Waals surface area contributed by atoms with E-state index in [1.54, 1.807) is 68.4 Å². The number of amides is 2. The Morgan fingerprint density at radius 1 is 1.16 bits per heavy atom. The minimum Gasteiger partial charge on any atom is -0.496 e. The van der Waals surface area contributed by atoms with Gasteiger partial charge in [0.2, 0.25) is 0 Å². The molecular formula is C23H25ClN4O4. The topological polar surface area (TPSA) is 85.7 Å². The highest BCUT2D eigenvalue weighted by Gasteiger charge is 2.22. The largest absolute Gasteiger partial charge is 0.496 e. The molecule has 1 N–H and O–H groups in total. The lowest BCUT2D eigenvalue weighted by Gasteiger charge is -2.14. The van der Waals surface area contributed by atoms with Crippen LogP contribution in [0, 0.1) is 0 Å². The number of hydrogen-bond acceptors (Lipinski definition) is 5. The lowest BCUT2D eigenvalue weighted by Crippen LogP contribution is -2.26. The lowest BCUT2D eigenvalue weighted by molar-refractivity contribution is 0.0816. The van der Waals surface area contributed by atoms with Crippen LogP contribution in [0.2, 0.25) is 5.02 Å². The molecule has 0 radical (unpaired) electrons. The van der Waals surface area contributed by atoms with Gasteiger partial charge in [-0.25, -0.2) is 0 Å². The van der Waals surface area contributed by atoms with Gasteiger partial charge in [0.05, 0.1) is 19.0 Å². The van der Waals surface area contributed by atoms with Gasteiger partial charge in [-0.2, -0.15) is 5.10 Å². The molecule has 32 heavy (non-hydrogen) atoms. The normalized spacial score (nSPS) is 10.5. The first kappa shape index (κ1) is 23.1. The number of ether oxygens (including phenoxy) is 2. The number of rotatable bonds is 8. The summed E-state index contributed by atoms with van der Waals surface area (Å²) >= 11 is 5.91. The highest BCUT2D eigenvalue weighted by Crippen LogP contribution is 2.24. The molecule has 9 heteroatoms. The molecule has 0 aliphatic carbocycles. The van der Waals surface area contributed by atoms with Gasteiger partial charge in [0.1, 0.15) is 23.8 Å². The number of anilines is 1. The third-order valence-corrected chi connectivity index (χ3v) is 5.00. The van der Waals surface area contributed by atoms with Crippen LogP contribution < -0.4 is 14.8 Å². The fraction of sp³-hybridized carbons (Fsp3) is 0.261. The Bertz CT molecular complexity index is 1110. The standard InChI is InChI=1S/C23H25ClN4O4/c1-5-28-21(23(30)27(2)3)19(13-25-28)26-22(29)15-6-11-20(31-4)16(12-15)14-32-18-9-7-17(24)8-10-18/h6-13H,5,14H2,1-4H3,(H,26,29). The summed E-state index contributed by atoms with van der Waals surface area (Å²) in [6, 6.07) is 12.1. The Morgan fingerprint density at radius 3 is 2.50 bits per heavy atom. The Labute approximate surface area is 191 Å². The molecule has 0 bridgehead atoms. The zero-order valence-corrected chi connectivity index (χ0v) is 19.1. The minimum atomic E-state index is -0.371. The number of carbonyl (C=O) groups excluding carboxylic acids is 2. The van der Waals surface area contributed by atoms with Crippen LogP contribution in [0.3, 0.4) is 0 Å². The number of nitrogens with zero attached hydrogens (tertiary/aromatic N) is 3. The number of benzene rings is 2. The molecular weight excluding hydrogens is 432 g/mol. The van der Waals surface area contributed by atoms with Crippen molar-refractivity contribution < 1.29 is 19.1 Å². The van der Waals surface area contributed by atoms with Gasteiger partial charge in [0.25, 0.3) is 11.8 Å². The van der Waals surface area contributed by atoms with Crippen LogP contribution in [-0.2, 0) is 13.2 Å². The van der Waals surface area contributed by atoms with Crippen LogP contribution in [0.15, 0.2) is 48.7 Å². The fourth-order valence-corrected chi connectivity index (χ4v) is 3.20. The van der Waals surface area contributed by atoms with Crippen molar-refractivity contribution in [3.63, 3.8) is 0 Å². The van der Waals surface area contributed by atoms with E-state index in [0.717, 1.165) is 0 Å². The second kappa shape index (κ2) is 10.2. The number of hydrogen-bond donors (Lipinski definition) is 1. The molecule has 1 aromatic heterocycles. The molecule has 3 rings (SSSR count). The third-order valence-electron chi connectivity index (χ3n) is 4.75. The number of carbonyl (C=O) groups is 2. The van der Waals surface area contributed by atoms with Crippen molar-refractivity contribution >= 4 is 29.1 Å². The predicted octanol–water partition coefficient (Wildman–Crippen LogP) is 4.10. The molecule has 0 saturated carbocycles. The molecule has 168 valence electrons. The van der Waals surface area contributed by atoms with E-state index in [9.17, 15) is 9.59 Å². The van der Waals surface area contributed by atoms with Gasteiger partial charge in [0.15, 0.2) is 0 Å². The maximum absolute atomic E-state index is 13.0. The molecule has 0 spiro atoms. The molecule has 1 heterocycles. The summed E-state index contributed by atoms with van der Waals surface area (Å²) in [6.07, 6.45) is 1.48. The monoisotopic (exact) mass is 456 g/mol. The van der Waals surface area contributed by atoms with Crippen LogP contribution in [0.4, 0.5) is 5.69 Å². The molecule has 0 atom stereocenters. The van der Waals surface area contributed by atoms with Crippen molar-refractivity contribution in [3.05, 3.63) is 70.5 Å². The third kappa shape index (κ3) is 5.20. The number of aryl methyl sites for hydroxylation is 1. The molecule has 3 aromatic rings. The smallest absolute Gasteiger partial charge is 0.273 e. The summed E-state index contributed by atoms with van der Waals surface area (Å²) < 4.78 is 12.8. The minimum absolute atomic E-state index is 0.198. The van der Waals surface area contributed by atoms with Crippen molar-refractivity contribution in [2.45, 2.75) is 20.1 Å². The first-order valence-corrected chi connectivity index (χ1v) is 10.4. The average molecular weight is 457 g/mol. The van der Waals surface area contributed by atoms with Gasteiger partial charge in [-0.15, -0.1) is 0 Å². The van der Waals surface area contributed by atoms with E-state index in [2.05, 4.69) is 10.4 Å². The van der Waals surface area contributed by atoms with Crippen molar-refractivity contribution in [2.75, 3.05) is 26.5 Å². The zero-order valence-electron chi connectivity index (χ0n) is 18.4. The molecule has 2 amide bonds. The van der Waals surface area contributed by atoms with E-state index in [1.807, 2.05) is 6.92 Å². The maximum Gasteiger partial charge on any atom is 0.273 e. The number of halogens is 1. The van der Waals surface area contributed by atoms with Crippen LogP contribution in [0.5, 0.6) is 11.5 Å². The van der Waals surface area contributed by atoms with E-state index in [0.29, 0.717) is 45.6 Å². The van der Waals surface area contributed by atoms with E-state index in [1.165, 1.54) is 11.1 Å². The first-order chi connectivity index (χ1) is 15.3. The second-order valence-corrected chi connectivity index (χ2v) is 7.58. The van der Waals surface area contributed by atoms with Crippen molar-refractivity contribution in [3.8, 4) is 11.5 Å². The Hall–Kier alpha value is -3.52. The molecule has 0 fully saturated rings. The number of methoxy groups -OCH3 is 1. The van der Waals surface area contributed by atoms with E-state index in [-0.39, 0.29) is 18.4 Å². The highest BCUT2D eigenvalue weighted by molar-refractivity contribution is 6.30. The Balaban J connectivity index is 1.82. The zero-order chi connectivity index (χ0) is 23.3. The number of aromatic nitrogens is 2. The van der Waals surface area contributed by atoms with Crippen LogP contribution in [-0.4, -0.2) is 47.7 Å². The van der Waals surface area contributed by atoms with E-state index < -0.39 is 0 Å². The number of nitrogens with one attached hydrogen (secondary N) is 1. The predicted molar refractivity (Wildman–Crippen MR) is 123 cm³/mol. The van der Waals surface area contributed by atoms with E-state index in [4.69, 9.17) is 21.1 Å². The first-order valence-electron chi connectivity index (χ1n) is 9.98. The summed E-state index contributed by atoms with van der Waals surface area (Å²) in [4.78, 5) is 27.0. The van der Waals surface area contributed by atoms with Crippen molar-refractivity contribution in [1.29, 1.82) is 0 Å². The highest BCUT2D eigenvalue weighted by atomic mass is 35.5. The van der Waals surface area contributed by atoms with Crippen LogP contribution in [0.1, 0.15) is 33.3 Å². The summed E-state index contributed by atoms with van der Waals surface area (Å²) in [5.41, 5.74) is 1.77. The van der Waals surface area contributed by atoms with Crippen LogP contribution >= 0.6 is 11.6 Å². The quantitative estimate of drug-likeness (QED) is 0.551. The second-order valence-electron chi connectivity index (χ2n) is 7.15. The van der Waals surface area contributed by atoms with Gasteiger partial charge < -0.3 is 19.7 Å². The van der Waals surface area contributed by atoms with E-state index >= 15 is 0 Å². The SMILES string of the molecule is CCn1ncc(NC(=O)c2ccc(OC)c(COc3ccc(Cl)cc3)c2)c1C(=O)N(C)C. The van der Waals surface area contributed by atoms with Crippen molar-refractivity contribution in [1.82, 2.24) is 14.7 Å². The molecule has 8 nitrogen and oxygen atoms in total. The van der Waals surface area contributed by atoms with Gasteiger partial charge in [0, 0.05) is 36.8 Å². The summed E-state index contributed by atoms with van der Waals surface area (Å²) in [7, 11) is 4.86. The fourth-order valence-electron chi connectivity index (χ4n) is 3.07. The molecule has 2 aromatic carbocycles. The summed E-state index contributed by atoms with van der Waals surface area (Å²) in [5, 5.41) is 7.62. The van der Waals surface area contributed by atoms with Gasteiger partial charge in [-0.1, -0.05) is 11.6 Å². The average Bonchev–Trinajstić information content (AvgIpc) is 3.20. The molecule has 0 aliphatic heterocycles. The van der Waals surface area contributed by atoms with Crippen molar-refractivity contribution in [2.24, 2.45) is 0 Å².